The monoisotopic (exact) mass is 358 g/mol. The molecule has 1 aliphatic heterocycles. The van der Waals surface area contributed by atoms with Crippen molar-refractivity contribution in [3.8, 4) is 10.6 Å². The van der Waals surface area contributed by atoms with Gasteiger partial charge in [0.15, 0.2) is 0 Å². The highest BCUT2D eigenvalue weighted by Gasteiger charge is 2.33. The van der Waals surface area contributed by atoms with Crippen LogP contribution in [0.2, 0.25) is 0 Å². The van der Waals surface area contributed by atoms with Crippen LogP contribution in [0.25, 0.3) is 10.6 Å². The van der Waals surface area contributed by atoms with Crippen LogP contribution in [0, 0.1) is 18.8 Å². The predicted molar refractivity (Wildman–Crippen MR) is 97.5 cm³/mol. The van der Waals surface area contributed by atoms with E-state index in [-0.39, 0.29) is 24.2 Å². The maximum Gasteiger partial charge on any atom is 0.306 e. The lowest BCUT2D eigenvalue weighted by Gasteiger charge is -2.34. The maximum absolute atomic E-state index is 12.5. The first-order valence-corrected chi connectivity index (χ1v) is 9.34. The average molecular weight is 358 g/mol. The fourth-order valence-corrected chi connectivity index (χ4v) is 4.05. The number of aryl methyl sites for hydroxylation is 1. The molecule has 0 spiro atoms. The van der Waals surface area contributed by atoms with Gasteiger partial charge in [0.1, 0.15) is 5.01 Å². The Bertz CT molecular complexity index is 769. The highest BCUT2D eigenvalue weighted by Crippen LogP contribution is 2.26. The number of amides is 1. The SMILES string of the molecule is Cc1ccc(-c2nc(CC(=O)N3CCC(C(=O)O)C(C)C3)cs2)cc1. The van der Waals surface area contributed by atoms with Crippen molar-refractivity contribution in [1.82, 2.24) is 9.88 Å². The number of carbonyl (C=O) groups is 2. The first-order valence-electron chi connectivity index (χ1n) is 8.46. The highest BCUT2D eigenvalue weighted by atomic mass is 32.1. The van der Waals surface area contributed by atoms with Gasteiger partial charge >= 0.3 is 5.97 Å². The van der Waals surface area contributed by atoms with E-state index in [2.05, 4.69) is 17.1 Å². The summed E-state index contributed by atoms with van der Waals surface area (Å²) in [5.41, 5.74) is 3.04. The van der Waals surface area contributed by atoms with Gasteiger partial charge in [0, 0.05) is 24.0 Å². The number of carboxylic acid groups (broad SMARTS) is 1. The van der Waals surface area contributed by atoms with Crippen molar-refractivity contribution < 1.29 is 14.7 Å². The van der Waals surface area contributed by atoms with Crippen LogP contribution in [0.5, 0.6) is 0 Å². The number of hydrogen-bond acceptors (Lipinski definition) is 4. The van der Waals surface area contributed by atoms with Gasteiger partial charge in [0.25, 0.3) is 0 Å². The van der Waals surface area contributed by atoms with Crippen molar-refractivity contribution in [3.63, 3.8) is 0 Å². The van der Waals surface area contributed by atoms with Crippen LogP contribution in [-0.4, -0.2) is 40.0 Å². The minimum absolute atomic E-state index is 0.0197. The Morgan fingerprint density at radius 3 is 2.68 bits per heavy atom. The van der Waals surface area contributed by atoms with Crippen LogP contribution in [0.15, 0.2) is 29.6 Å². The molecule has 1 aromatic heterocycles. The molecule has 2 aromatic rings. The smallest absolute Gasteiger partial charge is 0.306 e. The van der Waals surface area contributed by atoms with Crippen LogP contribution in [0.3, 0.4) is 0 Å². The Kier molecular flexibility index (Phi) is 5.18. The number of hydrogen-bond donors (Lipinski definition) is 1. The molecule has 5 nitrogen and oxygen atoms in total. The second-order valence-corrected chi connectivity index (χ2v) is 7.60. The second kappa shape index (κ2) is 7.35. The molecule has 6 heteroatoms. The summed E-state index contributed by atoms with van der Waals surface area (Å²) in [4.78, 5) is 30.1. The predicted octanol–water partition coefficient (Wildman–Crippen LogP) is 3.23. The zero-order valence-corrected chi connectivity index (χ0v) is 15.3. The number of benzene rings is 1. The Labute approximate surface area is 151 Å². The third-order valence-electron chi connectivity index (χ3n) is 4.76. The second-order valence-electron chi connectivity index (χ2n) is 6.74. The van der Waals surface area contributed by atoms with Gasteiger partial charge in [-0.3, -0.25) is 9.59 Å². The molecule has 3 rings (SSSR count). The van der Waals surface area contributed by atoms with Crippen molar-refractivity contribution >= 4 is 23.2 Å². The zero-order valence-electron chi connectivity index (χ0n) is 14.4. The fraction of sp³-hybridized carbons (Fsp3) is 0.421. The lowest BCUT2D eigenvalue weighted by molar-refractivity contribution is -0.148. The molecule has 0 saturated carbocycles. The van der Waals surface area contributed by atoms with Crippen LogP contribution in [0.4, 0.5) is 0 Å². The summed E-state index contributed by atoms with van der Waals surface area (Å²) in [6.07, 6.45) is 0.792. The average Bonchev–Trinajstić information content (AvgIpc) is 3.03. The standard InChI is InChI=1S/C19H22N2O3S/c1-12-3-5-14(6-4-12)18-20-15(11-25-18)9-17(22)21-8-7-16(19(23)24)13(2)10-21/h3-6,11,13,16H,7-10H2,1-2H3,(H,23,24). The van der Waals surface area contributed by atoms with Crippen molar-refractivity contribution in [2.75, 3.05) is 13.1 Å². The summed E-state index contributed by atoms with van der Waals surface area (Å²) < 4.78 is 0. The molecular weight excluding hydrogens is 336 g/mol. The third kappa shape index (κ3) is 4.07. The van der Waals surface area contributed by atoms with Crippen LogP contribution >= 0.6 is 11.3 Å². The first kappa shape index (κ1) is 17.6. The van der Waals surface area contributed by atoms with Gasteiger partial charge in [0.05, 0.1) is 18.0 Å². The molecule has 2 heterocycles. The molecule has 2 atom stereocenters. The molecule has 1 aromatic carbocycles. The lowest BCUT2D eigenvalue weighted by atomic mass is 9.87. The number of aromatic nitrogens is 1. The number of rotatable bonds is 4. The van der Waals surface area contributed by atoms with Crippen molar-refractivity contribution in [2.24, 2.45) is 11.8 Å². The molecule has 2 unspecified atom stereocenters. The Morgan fingerprint density at radius 1 is 1.32 bits per heavy atom. The molecule has 1 amide bonds. The van der Waals surface area contributed by atoms with Crippen LogP contribution in [0.1, 0.15) is 24.6 Å². The fourth-order valence-electron chi connectivity index (χ4n) is 3.22. The number of nitrogens with zero attached hydrogens (tertiary/aromatic N) is 2. The first-order chi connectivity index (χ1) is 11.9. The molecule has 1 N–H and O–H groups in total. The normalized spacial score (nSPS) is 20.5. The van der Waals surface area contributed by atoms with Crippen LogP contribution in [-0.2, 0) is 16.0 Å². The Hall–Kier alpha value is -2.21. The van der Waals surface area contributed by atoms with Crippen molar-refractivity contribution in [2.45, 2.75) is 26.7 Å². The Morgan fingerprint density at radius 2 is 2.04 bits per heavy atom. The van der Waals surface area contributed by atoms with E-state index < -0.39 is 5.97 Å². The number of aliphatic carboxylic acids is 1. The zero-order chi connectivity index (χ0) is 18.0. The molecule has 132 valence electrons. The minimum atomic E-state index is -0.762. The topological polar surface area (TPSA) is 70.5 Å². The van der Waals surface area contributed by atoms with Gasteiger partial charge in [-0.05, 0) is 19.3 Å². The quantitative estimate of drug-likeness (QED) is 0.911. The summed E-state index contributed by atoms with van der Waals surface area (Å²) in [5, 5.41) is 12.0. The summed E-state index contributed by atoms with van der Waals surface area (Å²) in [5.74, 6) is -1.11. The van der Waals surface area contributed by atoms with E-state index in [1.807, 2.05) is 31.4 Å². The molecular formula is C19H22N2O3S. The van der Waals surface area contributed by atoms with E-state index in [0.717, 1.165) is 16.3 Å². The van der Waals surface area contributed by atoms with Crippen molar-refractivity contribution in [1.29, 1.82) is 0 Å². The van der Waals surface area contributed by atoms with Gasteiger partial charge < -0.3 is 10.0 Å². The number of thiazole rings is 1. The van der Waals surface area contributed by atoms with Crippen molar-refractivity contribution in [3.05, 3.63) is 40.9 Å². The summed E-state index contributed by atoms with van der Waals surface area (Å²) in [7, 11) is 0. The number of piperidine rings is 1. The number of likely N-dealkylation sites (tertiary alicyclic amines) is 1. The minimum Gasteiger partial charge on any atom is -0.481 e. The van der Waals surface area contributed by atoms with Gasteiger partial charge in [-0.1, -0.05) is 36.8 Å². The molecule has 25 heavy (non-hydrogen) atoms. The van der Waals surface area contributed by atoms with Gasteiger partial charge in [0.2, 0.25) is 5.91 Å². The van der Waals surface area contributed by atoms with E-state index in [0.29, 0.717) is 19.5 Å². The van der Waals surface area contributed by atoms with Gasteiger partial charge in [-0.15, -0.1) is 11.3 Å². The van der Waals surface area contributed by atoms with E-state index in [1.54, 1.807) is 16.2 Å². The highest BCUT2D eigenvalue weighted by molar-refractivity contribution is 7.13. The number of carbonyl (C=O) groups excluding carboxylic acids is 1. The van der Waals surface area contributed by atoms with E-state index in [1.165, 1.54) is 5.56 Å². The Balaban J connectivity index is 1.62. The molecule has 0 radical (unpaired) electrons. The molecule has 0 bridgehead atoms. The molecule has 1 fully saturated rings. The number of carboxylic acids is 1. The van der Waals surface area contributed by atoms with Crippen LogP contribution < -0.4 is 0 Å². The third-order valence-corrected chi connectivity index (χ3v) is 5.70. The molecule has 1 aliphatic rings. The largest absolute Gasteiger partial charge is 0.481 e. The van der Waals surface area contributed by atoms with Gasteiger partial charge in [-0.25, -0.2) is 4.98 Å². The molecule has 1 saturated heterocycles. The summed E-state index contributed by atoms with van der Waals surface area (Å²) in [6, 6.07) is 8.18. The van der Waals surface area contributed by atoms with E-state index >= 15 is 0 Å². The lowest BCUT2D eigenvalue weighted by Crippen LogP contribution is -2.45. The van der Waals surface area contributed by atoms with Gasteiger partial charge in [-0.2, -0.15) is 0 Å². The summed E-state index contributed by atoms with van der Waals surface area (Å²) in [6.45, 7) is 4.96. The van der Waals surface area contributed by atoms with E-state index in [9.17, 15) is 14.7 Å². The molecule has 0 aliphatic carbocycles. The summed E-state index contributed by atoms with van der Waals surface area (Å²) >= 11 is 1.54. The van der Waals surface area contributed by atoms with E-state index in [4.69, 9.17) is 0 Å². The maximum atomic E-state index is 12.5.